The number of hydrogen-bond acceptors (Lipinski definition) is 2. The van der Waals surface area contributed by atoms with E-state index in [9.17, 15) is 4.79 Å². The zero-order chi connectivity index (χ0) is 9.84. The Bertz CT molecular complexity index is 330. The minimum atomic E-state index is -0.179. The standard InChI is InChI=1S/C8H7Cl2NOS/c9-6-2-1-5(3-7(6)10)11-8(12)4-13/h1-3,13H,4H2,(H,11,12). The summed E-state index contributed by atoms with van der Waals surface area (Å²) in [5.41, 5.74) is 0.619. The second kappa shape index (κ2) is 4.74. The summed E-state index contributed by atoms with van der Waals surface area (Å²) in [7, 11) is 0. The number of rotatable bonds is 2. The normalized spacial score (nSPS) is 9.77. The number of halogens is 2. The molecular formula is C8H7Cl2NOS. The lowest BCUT2D eigenvalue weighted by atomic mass is 10.3. The van der Waals surface area contributed by atoms with Gasteiger partial charge in [-0.3, -0.25) is 4.79 Å². The number of carbonyl (C=O) groups is 1. The molecule has 0 radical (unpaired) electrons. The summed E-state index contributed by atoms with van der Waals surface area (Å²) in [5, 5.41) is 3.48. The van der Waals surface area contributed by atoms with Crippen LogP contribution in [0.3, 0.4) is 0 Å². The van der Waals surface area contributed by atoms with Crippen LogP contribution in [0.1, 0.15) is 0 Å². The summed E-state index contributed by atoms with van der Waals surface area (Å²) in [6.07, 6.45) is 0. The fraction of sp³-hybridized carbons (Fsp3) is 0.125. The molecule has 0 saturated heterocycles. The lowest BCUT2D eigenvalue weighted by molar-refractivity contribution is -0.113. The maximum absolute atomic E-state index is 10.9. The zero-order valence-corrected chi connectivity index (χ0v) is 8.96. The van der Waals surface area contributed by atoms with Gasteiger partial charge >= 0.3 is 0 Å². The van der Waals surface area contributed by atoms with E-state index in [0.29, 0.717) is 15.7 Å². The van der Waals surface area contributed by atoms with Gasteiger partial charge in [0.15, 0.2) is 0 Å². The van der Waals surface area contributed by atoms with Gasteiger partial charge in [-0.05, 0) is 18.2 Å². The highest BCUT2D eigenvalue weighted by atomic mass is 35.5. The number of thiol groups is 1. The third kappa shape index (κ3) is 3.10. The summed E-state index contributed by atoms with van der Waals surface area (Å²) in [5.74, 6) is -0.0398. The molecule has 13 heavy (non-hydrogen) atoms. The van der Waals surface area contributed by atoms with Gasteiger partial charge in [-0.15, -0.1) is 0 Å². The molecule has 1 N–H and O–H groups in total. The molecule has 0 bridgehead atoms. The van der Waals surface area contributed by atoms with Gasteiger partial charge in [0.2, 0.25) is 5.91 Å². The number of anilines is 1. The van der Waals surface area contributed by atoms with Gasteiger partial charge in [0, 0.05) is 5.69 Å². The van der Waals surface area contributed by atoms with Gasteiger partial charge < -0.3 is 5.32 Å². The Labute approximate surface area is 91.6 Å². The summed E-state index contributed by atoms with van der Waals surface area (Å²) >= 11 is 15.3. The average molecular weight is 236 g/mol. The number of amides is 1. The molecule has 0 fully saturated rings. The van der Waals surface area contributed by atoms with E-state index in [1.165, 1.54) is 0 Å². The Kier molecular flexibility index (Phi) is 3.90. The fourth-order valence-corrected chi connectivity index (χ4v) is 1.15. The highest BCUT2D eigenvalue weighted by Gasteiger charge is 2.01. The van der Waals surface area contributed by atoms with Crippen LogP contribution in [0.4, 0.5) is 5.69 Å². The Hall–Kier alpha value is -0.380. The van der Waals surface area contributed by atoms with Crippen molar-refractivity contribution in [3.05, 3.63) is 28.2 Å². The Balaban J connectivity index is 2.79. The Morgan fingerprint density at radius 1 is 1.38 bits per heavy atom. The minimum absolute atomic E-state index is 0.139. The molecule has 0 unspecified atom stereocenters. The second-order valence-electron chi connectivity index (χ2n) is 2.34. The number of hydrogen-bond donors (Lipinski definition) is 2. The van der Waals surface area contributed by atoms with E-state index in [0.717, 1.165) is 0 Å². The summed E-state index contributed by atoms with van der Waals surface area (Å²) in [4.78, 5) is 10.9. The first-order valence-electron chi connectivity index (χ1n) is 3.49. The molecular weight excluding hydrogens is 229 g/mol. The van der Waals surface area contributed by atoms with Crippen molar-refractivity contribution in [2.24, 2.45) is 0 Å². The SMILES string of the molecule is O=C(CS)Nc1ccc(Cl)c(Cl)c1. The zero-order valence-electron chi connectivity index (χ0n) is 6.55. The molecule has 1 aromatic carbocycles. The van der Waals surface area contributed by atoms with Crippen molar-refractivity contribution in [3.8, 4) is 0 Å². The third-order valence-corrected chi connectivity index (χ3v) is 2.37. The first-order valence-corrected chi connectivity index (χ1v) is 4.88. The van der Waals surface area contributed by atoms with Crippen LogP contribution in [0, 0.1) is 0 Å². The van der Waals surface area contributed by atoms with Crippen LogP contribution in [0.2, 0.25) is 10.0 Å². The van der Waals surface area contributed by atoms with Crippen LogP contribution in [-0.4, -0.2) is 11.7 Å². The molecule has 5 heteroatoms. The van der Waals surface area contributed by atoms with Crippen molar-refractivity contribution in [2.45, 2.75) is 0 Å². The topological polar surface area (TPSA) is 29.1 Å². The molecule has 1 amide bonds. The third-order valence-electron chi connectivity index (χ3n) is 1.35. The fourth-order valence-electron chi connectivity index (χ4n) is 0.774. The molecule has 1 aromatic rings. The van der Waals surface area contributed by atoms with Gasteiger partial charge in [-0.1, -0.05) is 23.2 Å². The average Bonchev–Trinajstić information content (AvgIpc) is 2.11. The molecule has 70 valence electrons. The first-order chi connectivity index (χ1) is 6.13. The van der Waals surface area contributed by atoms with Gasteiger partial charge in [0.05, 0.1) is 15.8 Å². The molecule has 0 aliphatic rings. The van der Waals surface area contributed by atoms with Crippen LogP contribution in [-0.2, 0) is 4.79 Å². The van der Waals surface area contributed by atoms with E-state index in [-0.39, 0.29) is 11.7 Å². The maximum Gasteiger partial charge on any atom is 0.234 e. The van der Waals surface area contributed by atoms with E-state index < -0.39 is 0 Å². The van der Waals surface area contributed by atoms with E-state index >= 15 is 0 Å². The van der Waals surface area contributed by atoms with Crippen molar-refractivity contribution in [2.75, 3.05) is 11.1 Å². The summed E-state index contributed by atoms with van der Waals surface area (Å²) < 4.78 is 0. The van der Waals surface area contributed by atoms with Crippen LogP contribution < -0.4 is 5.32 Å². The Morgan fingerprint density at radius 3 is 2.62 bits per heavy atom. The maximum atomic E-state index is 10.9. The molecule has 0 saturated carbocycles. The summed E-state index contributed by atoms with van der Waals surface area (Å²) in [6.45, 7) is 0. The Morgan fingerprint density at radius 2 is 2.08 bits per heavy atom. The molecule has 0 aliphatic carbocycles. The van der Waals surface area contributed by atoms with Crippen molar-refractivity contribution >= 4 is 47.4 Å². The van der Waals surface area contributed by atoms with E-state index in [1.807, 2.05) is 0 Å². The predicted molar refractivity (Wildman–Crippen MR) is 58.9 cm³/mol. The molecule has 0 spiro atoms. The molecule has 2 nitrogen and oxygen atoms in total. The molecule has 0 aromatic heterocycles. The van der Waals surface area contributed by atoms with Crippen molar-refractivity contribution in [1.82, 2.24) is 0 Å². The van der Waals surface area contributed by atoms with Crippen LogP contribution >= 0.6 is 35.8 Å². The van der Waals surface area contributed by atoms with E-state index in [1.54, 1.807) is 18.2 Å². The van der Waals surface area contributed by atoms with Gasteiger partial charge in [0.1, 0.15) is 0 Å². The lowest BCUT2D eigenvalue weighted by Crippen LogP contribution is -2.12. The predicted octanol–water partition coefficient (Wildman–Crippen LogP) is 2.86. The highest BCUT2D eigenvalue weighted by Crippen LogP contribution is 2.24. The molecule has 0 heterocycles. The first kappa shape index (κ1) is 10.7. The number of carbonyl (C=O) groups excluding carboxylic acids is 1. The van der Waals surface area contributed by atoms with Crippen LogP contribution in [0.15, 0.2) is 18.2 Å². The van der Waals surface area contributed by atoms with E-state index in [2.05, 4.69) is 17.9 Å². The van der Waals surface area contributed by atoms with Gasteiger partial charge in [-0.25, -0.2) is 0 Å². The lowest BCUT2D eigenvalue weighted by Gasteiger charge is -2.03. The minimum Gasteiger partial charge on any atom is -0.325 e. The van der Waals surface area contributed by atoms with Gasteiger partial charge in [0.25, 0.3) is 0 Å². The largest absolute Gasteiger partial charge is 0.325 e. The molecule has 1 rings (SSSR count). The molecule has 0 atom stereocenters. The monoisotopic (exact) mass is 235 g/mol. The molecule has 0 aliphatic heterocycles. The quantitative estimate of drug-likeness (QED) is 0.759. The number of benzene rings is 1. The van der Waals surface area contributed by atoms with Gasteiger partial charge in [-0.2, -0.15) is 12.6 Å². The van der Waals surface area contributed by atoms with Crippen molar-refractivity contribution in [3.63, 3.8) is 0 Å². The van der Waals surface area contributed by atoms with Crippen LogP contribution in [0.5, 0.6) is 0 Å². The second-order valence-corrected chi connectivity index (χ2v) is 3.47. The number of nitrogens with one attached hydrogen (secondary N) is 1. The summed E-state index contributed by atoms with van der Waals surface area (Å²) in [6, 6.07) is 4.89. The smallest absolute Gasteiger partial charge is 0.234 e. The highest BCUT2D eigenvalue weighted by molar-refractivity contribution is 7.81. The van der Waals surface area contributed by atoms with Crippen molar-refractivity contribution in [1.29, 1.82) is 0 Å². The van der Waals surface area contributed by atoms with Crippen LogP contribution in [0.25, 0.3) is 0 Å². The van der Waals surface area contributed by atoms with Crippen molar-refractivity contribution < 1.29 is 4.79 Å². The van der Waals surface area contributed by atoms with E-state index in [4.69, 9.17) is 23.2 Å².